The third kappa shape index (κ3) is 2.73. The lowest BCUT2D eigenvalue weighted by Crippen LogP contribution is -2.44. The first-order valence-corrected chi connectivity index (χ1v) is 6.61. The number of piperidine rings is 1. The molecule has 2 amide bonds. The monoisotopic (exact) mass is 281 g/mol. The van der Waals surface area contributed by atoms with Gasteiger partial charge in [0, 0.05) is 18.3 Å². The van der Waals surface area contributed by atoms with E-state index in [1.807, 2.05) is 13.0 Å². The molecule has 1 aliphatic rings. The van der Waals surface area contributed by atoms with Crippen molar-refractivity contribution in [3.63, 3.8) is 0 Å². The van der Waals surface area contributed by atoms with Crippen LogP contribution in [0.2, 0.25) is 5.02 Å². The minimum atomic E-state index is -0.230. The molecule has 0 spiro atoms. The molecule has 1 aliphatic heterocycles. The second-order valence-electron chi connectivity index (χ2n) is 4.63. The van der Waals surface area contributed by atoms with E-state index < -0.39 is 0 Å². The maximum Gasteiger partial charge on any atom is 0.230 e. The lowest BCUT2D eigenvalue weighted by molar-refractivity contribution is -0.137. The maximum atomic E-state index is 11.8. The first-order chi connectivity index (χ1) is 9.06. The Kier molecular flexibility index (Phi) is 4.10. The highest BCUT2D eigenvalue weighted by Gasteiger charge is 2.35. The van der Waals surface area contributed by atoms with Crippen molar-refractivity contribution in [2.24, 2.45) is 5.92 Å². The summed E-state index contributed by atoms with van der Waals surface area (Å²) in [4.78, 5) is 23.4. The van der Waals surface area contributed by atoms with Gasteiger partial charge >= 0.3 is 0 Å². The summed E-state index contributed by atoms with van der Waals surface area (Å²) in [6.07, 6.45) is 1.00. The summed E-state index contributed by atoms with van der Waals surface area (Å²) < 4.78 is 5.10. The Hall–Kier alpha value is -1.55. The molecule has 1 aromatic rings. The van der Waals surface area contributed by atoms with Gasteiger partial charge in [0.15, 0.2) is 0 Å². The number of hydrogen-bond donors (Lipinski definition) is 1. The average molecular weight is 282 g/mol. The third-order valence-electron chi connectivity index (χ3n) is 3.53. The molecule has 1 aromatic carbocycles. The predicted molar refractivity (Wildman–Crippen MR) is 72.3 cm³/mol. The SMILES string of the molecule is CCC1C(=O)NC(=O)CC1c1ccc(OC)c(Cl)c1. The summed E-state index contributed by atoms with van der Waals surface area (Å²) in [6.45, 7) is 1.94. The first-order valence-electron chi connectivity index (χ1n) is 6.24. The fourth-order valence-corrected chi connectivity index (χ4v) is 2.81. The Balaban J connectivity index is 2.35. The van der Waals surface area contributed by atoms with Crippen LogP contribution in [0.5, 0.6) is 5.75 Å². The van der Waals surface area contributed by atoms with E-state index >= 15 is 0 Å². The van der Waals surface area contributed by atoms with E-state index in [1.54, 1.807) is 19.2 Å². The molecule has 102 valence electrons. The van der Waals surface area contributed by atoms with Crippen molar-refractivity contribution in [1.82, 2.24) is 5.32 Å². The number of amides is 2. The van der Waals surface area contributed by atoms with Crippen molar-refractivity contribution in [2.75, 3.05) is 7.11 Å². The molecule has 0 aliphatic carbocycles. The van der Waals surface area contributed by atoms with Gasteiger partial charge in [-0.3, -0.25) is 14.9 Å². The summed E-state index contributed by atoms with van der Waals surface area (Å²) in [7, 11) is 1.55. The van der Waals surface area contributed by atoms with Crippen LogP contribution in [0.25, 0.3) is 0 Å². The van der Waals surface area contributed by atoms with Gasteiger partial charge in [-0.25, -0.2) is 0 Å². The normalized spacial score (nSPS) is 23.1. The number of methoxy groups -OCH3 is 1. The Labute approximate surface area is 117 Å². The smallest absolute Gasteiger partial charge is 0.230 e. The van der Waals surface area contributed by atoms with E-state index in [2.05, 4.69) is 5.32 Å². The highest BCUT2D eigenvalue weighted by atomic mass is 35.5. The molecule has 1 heterocycles. The molecular formula is C14H16ClNO3. The number of carbonyl (C=O) groups excluding carboxylic acids is 2. The number of ether oxygens (including phenoxy) is 1. The Morgan fingerprint density at radius 1 is 1.42 bits per heavy atom. The van der Waals surface area contributed by atoms with Gasteiger partial charge in [-0.2, -0.15) is 0 Å². The summed E-state index contributed by atoms with van der Waals surface area (Å²) in [5.41, 5.74) is 0.904. The molecule has 5 heteroatoms. The van der Waals surface area contributed by atoms with Crippen molar-refractivity contribution in [3.8, 4) is 5.75 Å². The van der Waals surface area contributed by atoms with Crippen molar-refractivity contribution in [2.45, 2.75) is 25.7 Å². The quantitative estimate of drug-likeness (QED) is 0.866. The lowest BCUT2D eigenvalue weighted by Gasteiger charge is -2.29. The van der Waals surface area contributed by atoms with Gasteiger partial charge in [-0.15, -0.1) is 0 Å². The van der Waals surface area contributed by atoms with E-state index in [4.69, 9.17) is 16.3 Å². The summed E-state index contributed by atoms with van der Waals surface area (Å²) >= 11 is 6.10. The van der Waals surface area contributed by atoms with Gasteiger partial charge in [0.1, 0.15) is 5.75 Å². The fraction of sp³-hybridized carbons (Fsp3) is 0.429. The van der Waals surface area contributed by atoms with Crippen LogP contribution in [-0.2, 0) is 9.59 Å². The maximum absolute atomic E-state index is 11.8. The molecule has 2 atom stereocenters. The number of carbonyl (C=O) groups is 2. The summed E-state index contributed by atoms with van der Waals surface area (Å²) in [5.74, 6) is -0.149. The minimum Gasteiger partial charge on any atom is -0.495 e. The van der Waals surface area contributed by atoms with Crippen molar-refractivity contribution in [3.05, 3.63) is 28.8 Å². The Bertz CT molecular complexity index is 515. The van der Waals surface area contributed by atoms with Gasteiger partial charge < -0.3 is 4.74 Å². The lowest BCUT2D eigenvalue weighted by atomic mass is 9.79. The molecule has 19 heavy (non-hydrogen) atoms. The van der Waals surface area contributed by atoms with E-state index in [1.165, 1.54) is 0 Å². The van der Waals surface area contributed by atoms with E-state index in [0.29, 0.717) is 23.6 Å². The van der Waals surface area contributed by atoms with Gasteiger partial charge in [0.05, 0.1) is 12.1 Å². The molecule has 1 fully saturated rings. The Morgan fingerprint density at radius 2 is 2.16 bits per heavy atom. The second-order valence-corrected chi connectivity index (χ2v) is 5.04. The van der Waals surface area contributed by atoms with Crippen LogP contribution in [-0.4, -0.2) is 18.9 Å². The Morgan fingerprint density at radius 3 is 2.74 bits per heavy atom. The van der Waals surface area contributed by atoms with Crippen LogP contribution in [0.3, 0.4) is 0 Å². The molecule has 2 rings (SSSR count). The van der Waals surface area contributed by atoms with E-state index in [9.17, 15) is 9.59 Å². The fourth-order valence-electron chi connectivity index (χ4n) is 2.54. The van der Waals surface area contributed by atoms with Gasteiger partial charge in [0.2, 0.25) is 11.8 Å². The zero-order chi connectivity index (χ0) is 14.0. The number of imide groups is 1. The van der Waals surface area contributed by atoms with Crippen molar-refractivity contribution < 1.29 is 14.3 Å². The molecule has 2 unspecified atom stereocenters. The van der Waals surface area contributed by atoms with Crippen molar-refractivity contribution in [1.29, 1.82) is 0 Å². The second kappa shape index (κ2) is 5.61. The molecular weight excluding hydrogens is 266 g/mol. The molecule has 1 N–H and O–H groups in total. The van der Waals surface area contributed by atoms with Gasteiger partial charge in [0.25, 0.3) is 0 Å². The molecule has 0 bridgehead atoms. The zero-order valence-electron chi connectivity index (χ0n) is 10.9. The number of benzene rings is 1. The number of hydrogen-bond acceptors (Lipinski definition) is 3. The van der Waals surface area contributed by atoms with E-state index in [0.717, 1.165) is 5.56 Å². The topological polar surface area (TPSA) is 55.4 Å². The van der Waals surface area contributed by atoms with Gasteiger partial charge in [-0.1, -0.05) is 24.6 Å². The van der Waals surface area contributed by atoms with Crippen LogP contribution in [0, 0.1) is 5.92 Å². The van der Waals surface area contributed by atoms with Crippen LogP contribution in [0.15, 0.2) is 18.2 Å². The highest BCUT2D eigenvalue weighted by molar-refractivity contribution is 6.32. The van der Waals surface area contributed by atoms with Crippen LogP contribution in [0.1, 0.15) is 31.2 Å². The van der Waals surface area contributed by atoms with Gasteiger partial charge in [-0.05, 0) is 24.1 Å². The standard InChI is InChI=1S/C14H16ClNO3/c1-3-9-10(7-13(17)16-14(9)18)8-4-5-12(19-2)11(15)6-8/h4-6,9-10H,3,7H2,1-2H3,(H,16,17,18). The predicted octanol–water partition coefficient (Wildman–Crippen LogP) is 2.50. The van der Waals surface area contributed by atoms with Crippen LogP contribution < -0.4 is 10.1 Å². The molecule has 0 radical (unpaired) electrons. The van der Waals surface area contributed by atoms with Crippen LogP contribution >= 0.6 is 11.6 Å². The minimum absolute atomic E-state index is 0.116. The molecule has 4 nitrogen and oxygen atoms in total. The van der Waals surface area contributed by atoms with E-state index in [-0.39, 0.29) is 23.7 Å². The summed E-state index contributed by atoms with van der Waals surface area (Å²) in [6, 6.07) is 5.41. The average Bonchev–Trinajstić information content (AvgIpc) is 2.37. The number of rotatable bonds is 3. The highest BCUT2D eigenvalue weighted by Crippen LogP contribution is 2.36. The molecule has 0 saturated carbocycles. The number of halogens is 1. The molecule has 1 saturated heterocycles. The largest absolute Gasteiger partial charge is 0.495 e. The molecule has 0 aromatic heterocycles. The van der Waals surface area contributed by atoms with Crippen molar-refractivity contribution >= 4 is 23.4 Å². The summed E-state index contributed by atoms with van der Waals surface area (Å²) in [5, 5.41) is 2.88. The van der Waals surface area contributed by atoms with Crippen LogP contribution in [0.4, 0.5) is 0 Å². The third-order valence-corrected chi connectivity index (χ3v) is 3.83. The first kappa shape index (κ1) is 13.9. The number of nitrogens with one attached hydrogen (secondary N) is 1. The zero-order valence-corrected chi connectivity index (χ0v) is 11.7.